The number of anilines is 3. The fraction of sp³-hybridized carbons (Fsp3) is 0.295. The number of aldehydes is 1. The van der Waals surface area contributed by atoms with Crippen LogP contribution in [-0.4, -0.2) is 64.7 Å². The number of ether oxygens (including phenoxy) is 2. The molecule has 1 saturated carbocycles. The van der Waals surface area contributed by atoms with Gasteiger partial charge in [-0.2, -0.15) is 15.8 Å². The first-order valence-electron chi connectivity index (χ1n) is 17.8. The molecule has 3 aromatic rings. The van der Waals surface area contributed by atoms with Crippen molar-refractivity contribution in [2.75, 3.05) is 49.1 Å². The molecule has 10 heteroatoms. The average Bonchev–Trinajstić information content (AvgIpc) is 3.20. The predicted octanol–water partition coefficient (Wildman–Crippen LogP) is 7.72. The van der Waals surface area contributed by atoms with Crippen LogP contribution in [-0.2, 0) is 19.1 Å². The zero-order valence-electron chi connectivity index (χ0n) is 31.5. The topological polar surface area (TPSA) is 134 Å². The second-order valence-corrected chi connectivity index (χ2v) is 13.0. The van der Waals surface area contributed by atoms with E-state index in [4.69, 9.17) is 9.47 Å². The number of hydrogen-bond acceptors (Lipinski definition) is 10. The summed E-state index contributed by atoms with van der Waals surface area (Å²) in [6.07, 6.45) is 8.11. The summed E-state index contributed by atoms with van der Waals surface area (Å²) in [7, 11) is 6.31. The molecule has 0 spiro atoms. The maximum absolute atomic E-state index is 12.2. The second-order valence-electron chi connectivity index (χ2n) is 13.0. The third-order valence-electron chi connectivity index (χ3n) is 9.73. The maximum Gasteiger partial charge on any atom is 0.348 e. The first-order valence-corrected chi connectivity index (χ1v) is 17.8. The third kappa shape index (κ3) is 10.3. The number of esters is 1. The molecule has 276 valence electrons. The van der Waals surface area contributed by atoms with Crippen LogP contribution < -0.4 is 14.7 Å². The Balaban J connectivity index is 1.62. The van der Waals surface area contributed by atoms with E-state index in [0.717, 1.165) is 53.0 Å². The Kier molecular flexibility index (Phi) is 14.4. The largest absolute Gasteiger partial charge is 0.493 e. The summed E-state index contributed by atoms with van der Waals surface area (Å²) in [5.41, 5.74) is 5.86. The minimum atomic E-state index is -0.641. The number of hydrogen-bond donors (Lipinski definition) is 0. The quantitative estimate of drug-likeness (QED) is 0.0383. The van der Waals surface area contributed by atoms with Crippen LogP contribution in [0.15, 0.2) is 102 Å². The number of benzene rings is 3. The molecule has 0 saturated heterocycles. The molecule has 3 aromatic carbocycles. The molecule has 1 aliphatic rings. The molecule has 0 N–H and O–H groups in total. The lowest BCUT2D eigenvalue weighted by Crippen LogP contribution is -2.52. The molecule has 0 heterocycles. The van der Waals surface area contributed by atoms with E-state index in [9.17, 15) is 25.4 Å². The summed E-state index contributed by atoms with van der Waals surface area (Å²) in [4.78, 5) is 30.3. The highest BCUT2D eigenvalue weighted by molar-refractivity contribution is 5.97. The Labute approximate surface area is 318 Å². The molecule has 0 bridgehead atoms. The fourth-order valence-electron chi connectivity index (χ4n) is 6.61. The molecular weight excluding hydrogens is 677 g/mol. The third-order valence-corrected chi connectivity index (χ3v) is 9.73. The Morgan fingerprint density at radius 3 is 1.35 bits per heavy atom. The lowest BCUT2D eigenvalue weighted by atomic mass is 9.84. The van der Waals surface area contributed by atoms with Crippen molar-refractivity contribution >= 4 is 47.5 Å². The number of nitrogens with zero attached hydrogens (tertiary/aromatic N) is 6. The normalized spacial score (nSPS) is 17.2. The van der Waals surface area contributed by atoms with Crippen molar-refractivity contribution < 1.29 is 19.1 Å². The second kappa shape index (κ2) is 19.3. The van der Waals surface area contributed by atoms with E-state index in [1.54, 1.807) is 19.1 Å². The summed E-state index contributed by atoms with van der Waals surface area (Å²) in [5.74, 6) is -0.291. The molecule has 1 fully saturated rings. The molecule has 4 rings (SSSR count). The molecule has 3 unspecified atom stereocenters. The zero-order chi connectivity index (χ0) is 39.2. The SMILES string of the molecule is C=C(OCC)/C(C#N)=C/c1ccc(N(C)C2CC(N(C)c3ccc(/C=C(\C#N)C=O)cc3)CC(N(C)c3ccc(/C=C(\C#N)C(=O)OCC)cc3)C2)cc1. The van der Waals surface area contributed by atoms with Gasteiger partial charge in [-0.05, 0) is 104 Å². The van der Waals surface area contributed by atoms with Crippen LogP contribution in [0.25, 0.3) is 18.2 Å². The summed E-state index contributed by atoms with van der Waals surface area (Å²) in [6.45, 7) is 8.06. The number of nitriles is 3. The van der Waals surface area contributed by atoms with Crippen molar-refractivity contribution in [1.82, 2.24) is 0 Å². The standard InChI is InChI=1S/C44H46N6O4/c1-7-53-31(3)36(28-46)22-33-11-17-39(18-12-33)49(5)42-24-41(48(4)38-15-9-32(10-16-38)21-35(27-45)30-51)25-43(26-42)50(6)40-19-13-34(14-20-40)23-37(29-47)44(52)54-8-2/h9-23,30,41-43H,3,7-8,24-26H2,1-2,4-6H3/b35-21+,36-22+,37-23+. The minimum absolute atomic E-state index is 0.0502. The highest BCUT2D eigenvalue weighted by atomic mass is 16.5. The first-order chi connectivity index (χ1) is 26.0. The Morgan fingerprint density at radius 2 is 1.02 bits per heavy atom. The van der Waals surface area contributed by atoms with Crippen molar-refractivity contribution in [2.24, 2.45) is 0 Å². The average molecular weight is 723 g/mol. The minimum Gasteiger partial charge on any atom is -0.493 e. The van der Waals surface area contributed by atoms with E-state index in [-0.39, 0.29) is 35.9 Å². The van der Waals surface area contributed by atoms with Gasteiger partial charge >= 0.3 is 5.97 Å². The van der Waals surface area contributed by atoms with E-state index < -0.39 is 5.97 Å². The van der Waals surface area contributed by atoms with Gasteiger partial charge in [0.2, 0.25) is 0 Å². The Bertz CT molecular complexity index is 1910. The van der Waals surface area contributed by atoms with Crippen molar-refractivity contribution in [3.05, 3.63) is 119 Å². The van der Waals surface area contributed by atoms with E-state index in [1.807, 2.05) is 79.7 Å². The van der Waals surface area contributed by atoms with Crippen LogP contribution in [0.3, 0.4) is 0 Å². The lowest BCUT2D eigenvalue weighted by molar-refractivity contribution is -0.137. The molecule has 3 atom stereocenters. The lowest BCUT2D eigenvalue weighted by Gasteiger charge is -2.47. The zero-order valence-corrected chi connectivity index (χ0v) is 31.5. The van der Waals surface area contributed by atoms with Crippen molar-refractivity contribution in [3.63, 3.8) is 0 Å². The van der Waals surface area contributed by atoms with Crippen LogP contribution in [0, 0.1) is 34.0 Å². The van der Waals surface area contributed by atoms with Gasteiger partial charge in [0.1, 0.15) is 29.5 Å². The highest BCUT2D eigenvalue weighted by Gasteiger charge is 2.35. The molecule has 0 amide bonds. The number of carbonyl (C=O) groups excluding carboxylic acids is 2. The molecule has 0 aromatic heterocycles. The van der Waals surface area contributed by atoms with Crippen molar-refractivity contribution in [1.29, 1.82) is 15.8 Å². The van der Waals surface area contributed by atoms with E-state index >= 15 is 0 Å². The summed E-state index contributed by atoms with van der Waals surface area (Å²) in [6, 6.07) is 30.3. The highest BCUT2D eigenvalue weighted by Crippen LogP contribution is 2.35. The molecule has 1 aliphatic carbocycles. The van der Waals surface area contributed by atoms with Crippen LogP contribution in [0.2, 0.25) is 0 Å². The summed E-state index contributed by atoms with van der Waals surface area (Å²) < 4.78 is 10.5. The van der Waals surface area contributed by atoms with E-state index in [0.29, 0.717) is 24.2 Å². The Hall–Kier alpha value is -6.57. The van der Waals surface area contributed by atoms with Crippen LogP contribution in [0.1, 0.15) is 49.8 Å². The van der Waals surface area contributed by atoms with Gasteiger partial charge in [-0.1, -0.05) is 43.0 Å². The number of rotatable bonds is 15. The van der Waals surface area contributed by atoms with E-state index in [2.05, 4.69) is 60.6 Å². The van der Waals surface area contributed by atoms with E-state index in [1.165, 1.54) is 6.08 Å². The van der Waals surface area contributed by atoms with Gasteiger partial charge in [0.05, 0.1) is 24.4 Å². The first kappa shape index (κ1) is 40.2. The predicted molar refractivity (Wildman–Crippen MR) is 214 cm³/mol. The summed E-state index contributed by atoms with van der Waals surface area (Å²) >= 11 is 0. The van der Waals surface area contributed by atoms with Gasteiger partial charge in [0.25, 0.3) is 0 Å². The van der Waals surface area contributed by atoms with Crippen LogP contribution in [0.4, 0.5) is 17.1 Å². The molecule has 54 heavy (non-hydrogen) atoms. The van der Waals surface area contributed by atoms with Gasteiger partial charge in [-0.25, -0.2) is 4.79 Å². The number of allylic oxidation sites excluding steroid dienone is 2. The Morgan fingerprint density at radius 1 is 0.648 bits per heavy atom. The monoisotopic (exact) mass is 722 g/mol. The van der Waals surface area contributed by atoms with Crippen molar-refractivity contribution in [3.8, 4) is 18.2 Å². The molecule has 0 radical (unpaired) electrons. The van der Waals surface area contributed by atoms with Gasteiger partial charge in [0, 0.05) is 56.3 Å². The molecule has 10 nitrogen and oxygen atoms in total. The smallest absolute Gasteiger partial charge is 0.348 e. The maximum atomic E-state index is 12.2. The van der Waals surface area contributed by atoms with Gasteiger partial charge in [-0.15, -0.1) is 0 Å². The van der Waals surface area contributed by atoms with Gasteiger partial charge < -0.3 is 24.2 Å². The fourth-order valence-corrected chi connectivity index (χ4v) is 6.61. The summed E-state index contributed by atoms with van der Waals surface area (Å²) in [5, 5.41) is 28.3. The molecule has 0 aliphatic heterocycles. The van der Waals surface area contributed by atoms with Crippen molar-refractivity contribution in [2.45, 2.75) is 51.2 Å². The van der Waals surface area contributed by atoms with Gasteiger partial charge in [-0.3, -0.25) is 4.79 Å². The van der Waals surface area contributed by atoms with Crippen LogP contribution in [0.5, 0.6) is 0 Å². The number of carbonyl (C=O) groups is 2. The molecular formula is C44H46N6O4. The van der Waals surface area contributed by atoms with Crippen LogP contribution >= 0.6 is 0 Å². The van der Waals surface area contributed by atoms with Gasteiger partial charge in [0.15, 0.2) is 6.29 Å².